The molecule has 0 aliphatic carbocycles. The minimum Gasteiger partial charge on any atom is -0.466 e. The predicted octanol–water partition coefficient (Wildman–Crippen LogP) is 4.69. The lowest BCUT2D eigenvalue weighted by Gasteiger charge is -1.96. The van der Waals surface area contributed by atoms with Gasteiger partial charge in [-0.3, -0.25) is 9.59 Å². The van der Waals surface area contributed by atoms with E-state index in [4.69, 9.17) is 0 Å². The second kappa shape index (κ2) is 18.2. The van der Waals surface area contributed by atoms with Crippen molar-refractivity contribution in [2.45, 2.75) is 60.3 Å². The number of hydrogen-bond acceptors (Lipinski definition) is 4. The molecule has 0 saturated carbocycles. The number of hydrogen-bond donors (Lipinski definition) is 0. The number of ether oxygens (including phenoxy) is 2. The van der Waals surface area contributed by atoms with E-state index < -0.39 is 0 Å². The van der Waals surface area contributed by atoms with Gasteiger partial charge in [0, 0.05) is 13.8 Å². The molecule has 0 aliphatic heterocycles. The summed E-state index contributed by atoms with van der Waals surface area (Å²) in [7, 11) is 0. The molecule has 0 spiro atoms. The molecule has 0 N–H and O–H groups in total. The summed E-state index contributed by atoms with van der Waals surface area (Å²) < 4.78 is 9.29. The Labute approximate surface area is 141 Å². The third-order valence-electron chi connectivity index (χ3n) is 2.55. The Morgan fingerprint density at radius 3 is 1.43 bits per heavy atom. The van der Waals surface area contributed by atoms with Crippen molar-refractivity contribution in [3.05, 3.63) is 35.9 Å². The maximum atomic E-state index is 10.1. The fourth-order valence-electron chi connectivity index (χ4n) is 1.25. The Morgan fingerprint density at radius 2 is 1.22 bits per heavy atom. The standard InChI is InChI=1S/C7H8.2C6H12O2/c1-7-5-3-2-4-6-7;2*1-3-4-5-8-6(2)7/h2-6H,1H3;2*3-5H2,1-2H3. The highest BCUT2D eigenvalue weighted by atomic mass is 16.5. The quantitative estimate of drug-likeness (QED) is 0.562. The summed E-state index contributed by atoms with van der Waals surface area (Å²) in [5.74, 6) is -0.364. The second-order valence-electron chi connectivity index (χ2n) is 5.04. The topological polar surface area (TPSA) is 52.6 Å². The molecule has 0 aliphatic rings. The SMILES string of the molecule is CCCCOC(C)=O.CCCCOC(C)=O.Cc1ccccc1. The summed E-state index contributed by atoms with van der Waals surface area (Å²) in [6, 6.07) is 10.3. The number of unbranched alkanes of at least 4 members (excludes halogenated alkanes) is 2. The van der Waals surface area contributed by atoms with Gasteiger partial charge < -0.3 is 9.47 Å². The van der Waals surface area contributed by atoms with Crippen molar-refractivity contribution < 1.29 is 19.1 Å². The van der Waals surface area contributed by atoms with E-state index in [9.17, 15) is 9.59 Å². The Hall–Kier alpha value is -1.84. The Bertz CT molecular complexity index is 368. The first kappa shape index (κ1) is 23.4. The van der Waals surface area contributed by atoms with Crippen molar-refractivity contribution in [1.29, 1.82) is 0 Å². The number of aryl methyl sites for hydroxylation is 1. The van der Waals surface area contributed by atoms with E-state index in [1.54, 1.807) is 0 Å². The minimum absolute atomic E-state index is 0.182. The molecular weight excluding hydrogens is 292 g/mol. The molecule has 0 heterocycles. The molecular formula is C19H32O4. The number of benzene rings is 1. The van der Waals surface area contributed by atoms with E-state index in [1.807, 2.05) is 18.2 Å². The summed E-state index contributed by atoms with van der Waals surface area (Å²) in [5, 5.41) is 0. The van der Waals surface area contributed by atoms with Crippen LogP contribution in [-0.4, -0.2) is 25.2 Å². The van der Waals surface area contributed by atoms with E-state index in [0.717, 1.165) is 25.7 Å². The average Bonchev–Trinajstić information content (AvgIpc) is 2.49. The van der Waals surface area contributed by atoms with Gasteiger partial charge in [0.25, 0.3) is 0 Å². The lowest BCUT2D eigenvalue weighted by Crippen LogP contribution is -1.99. The normalized spacial score (nSPS) is 8.74. The van der Waals surface area contributed by atoms with Crippen LogP contribution in [0.3, 0.4) is 0 Å². The van der Waals surface area contributed by atoms with E-state index in [-0.39, 0.29) is 11.9 Å². The van der Waals surface area contributed by atoms with Crippen molar-refractivity contribution >= 4 is 11.9 Å². The molecule has 0 bridgehead atoms. The maximum absolute atomic E-state index is 10.1. The van der Waals surface area contributed by atoms with Crippen molar-refractivity contribution in [1.82, 2.24) is 0 Å². The fraction of sp³-hybridized carbons (Fsp3) is 0.579. The van der Waals surface area contributed by atoms with Crippen molar-refractivity contribution in [3.8, 4) is 0 Å². The minimum atomic E-state index is -0.182. The van der Waals surface area contributed by atoms with Crippen LogP contribution in [-0.2, 0) is 19.1 Å². The molecule has 4 heteroatoms. The molecule has 1 aromatic carbocycles. The smallest absolute Gasteiger partial charge is 0.302 e. The number of carbonyl (C=O) groups excluding carboxylic acids is 2. The highest BCUT2D eigenvalue weighted by Gasteiger charge is 1.88. The van der Waals surface area contributed by atoms with Gasteiger partial charge in [-0.1, -0.05) is 62.6 Å². The molecule has 1 rings (SSSR count). The van der Waals surface area contributed by atoms with Gasteiger partial charge in [0.1, 0.15) is 0 Å². The molecule has 0 fully saturated rings. The maximum Gasteiger partial charge on any atom is 0.302 e. The van der Waals surface area contributed by atoms with E-state index >= 15 is 0 Å². The largest absolute Gasteiger partial charge is 0.466 e. The summed E-state index contributed by atoms with van der Waals surface area (Å²) in [6.07, 6.45) is 4.10. The van der Waals surface area contributed by atoms with Gasteiger partial charge in [-0.05, 0) is 19.8 Å². The lowest BCUT2D eigenvalue weighted by atomic mass is 10.2. The zero-order valence-corrected chi connectivity index (χ0v) is 15.3. The van der Waals surface area contributed by atoms with Crippen LogP contribution in [0.4, 0.5) is 0 Å². The molecule has 4 nitrogen and oxygen atoms in total. The van der Waals surface area contributed by atoms with Gasteiger partial charge in [0.2, 0.25) is 0 Å². The number of esters is 2. The zero-order valence-electron chi connectivity index (χ0n) is 15.3. The first-order valence-electron chi connectivity index (χ1n) is 8.22. The fourth-order valence-corrected chi connectivity index (χ4v) is 1.25. The van der Waals surface area contributed by atoms with Crippen LogP contribution in [0.1, 0.15) is 58.9 Å². The van der Waals surface area contributed by atoms with Gasteiger partial charge in [-0.25, -0.2) is 0 Å². The van der Waals surface area contributed by atoms with E-state index in [1.165, 1.54) is 19.4 Å². The van der Waals surface area contributed by atoms with Crippen molar-refractivity contribution in [3.63, 3.8) is 0 Å². The van der Waals surface area contributed by atoms with Gasteiger partial charge in [-0.15, -0.1) is 0 Å². The number of carbonyl (C=O) groups is 2. The van der Waals surface area contributed by atoms with E-state index in [0.29, 0.717) is 13.2 Å². The molecule has 1 aromatic rings. The third-order valence-corrected chi connectivity index (χ3v) is 2.55. The predicted molar refractivity (Wildman–Crippen MR) is 94.3 cm³/mol. The zero-order chi connectivity index (χ0) is 17.9. The third kappa shape index (κ3) is 25.5. The van der Waals surface area contributed by atoms with Gasteiger partial charge >= 0.3 is 11.9 Å². The molecule has 0 unspecified atom stereocenters. The number of rotatable bonds is 6. The molecule has 0 aromatic heterocycles. The lowest BCUT2D eigenvalue weighted by molar-refractivity contribution is -0.142. The second-order valence-corrected chi connectivity index (χ2v) is 5.04. The van der Waals surface area contributed by atoms with Gasteiger partial charge in [0.05, 0.1) is 13.2 Å². The van der Waals surface area contributed by atoms with Crippen molar-refractivity contribution in [2.24, 2.45) is 0 Å². The summed E-state index contributed by atoms with van der Waals surface area (Å²) in [5.41, 5.74) is 1.32. The summed E-state index contributed by atoms with van der Waals surface area (Å²) >= 11 is 0. The average molecular weight is 324 g/mol. The molecule has 132 valence electrons. The van der Waals surface area contributed by atoms with Crippen LogP contribution >= 0.6 is 0 Å². The Morgan fingerprint density at radius 1 is 0.826 bits per heavy atom. The molecule has 0 radical (unpaired) electrons. The first-order valence-corrected chi connectivity index (χ1v) is 8.22. The van der Waals surface area contributed by atoms with Crippen LogP contribution in [0.2, 0.25) is 0 Å². The summed E-state index contributed by atoms with van der Waals surface area (Å²) in [6.45, 7) is 10.2. The Kier molecular flexibility index (Phi) is 18.5. The highest BCUT2D eigenvalue weighted by Crippen LogP contribution is 1.92. The molecule has 0 atom stereocenters. The van der Waals surface area contributed by atoms with Crippen LogP contribution < -0.4 is 0 Å². The molecule has 23 heavy (non-hydrogen) atoms. The van der Waals surface area contributed by atoms with Gasteiger partial charge in [-0.2, -0.15) is 0 Å². The monoisotopic (exact) mass is 324 g/mol. The van der Waals surface area contributed by atoms with Crippen LogP contribution in [0.5, 0.6) is 0 Å². The summed E-state index contributed by atoms with van der Waals surface area (Å²) in [4.78, 5) is 20.2. The van der Waals surface area contributed by atoms with Crippen LogP contribution in [0.15, 0.2) is 30.3 Å². The van der Waals surface area contributed by atoms with Crippen LogP contribution in [0, 0.1) is 6.92 Å². The molecule has 0 amide bonds. The Balaban J connectivity index is 0. The highest BCUT2D eigenvalue weighted by molar-refractivity contribution is 5.66. The molecule has 0 saturated heterocycles. The van der Waals surface area contributed by atoms with Crippen molar-refractivity contribution in [2.75, 3.05) is 13.2 Å². The van der Waals surface area contributed by atoms with Gasteiger partial charge in [0.15, 0.2) is 0 Å². The first-order chi connectivity index (χ1) is 10.9. The van der Waals surface area contributed by atoms with E-state index in [2.05, 4.69) is 42.4 Å². The van der Waals surface area contributed by atoms with Crippen LogP contribution in [0.25, 0.3) is 0 Å².